The summed E-state index contributed by atoms with van der Waals surface area (Å²) in [6, 6.07) is 13.4. The third-order valence-electron chi connectivity index (χ3n) is 2.66. The Morgan fingerprint density at radius 3 is 2.50 bits per heavy atom. The smallest absolute Gasteiger partial charge is 0.101 e. The lowest BCUT2D eigenvalue weighted by Gasteiger charge is -2.11. The number of hydrogen-bond acceptors (Lipinski definition) is 2. The molecule has 0 amide bonds. The minimum Gasteiger partial charge on any atom is -0.306 e. The fourth-order valence-corrected chi connectivity index (χ4v) is 2.54. The highest BCUT2D eigenvalue weighted by Gasteiger charge is 2.01. The second-order valence-electron chi connectivity index (χ2n) is 4.22. The summed E-state index contributed by atoms with van der Waals surface area (Å²) in [5.41, 5.74) is 1.86. The lowest BCUT2D eigenvalue weighted by Crippen LogP contribution is -2.04. The zero-order valence-corrected chi connectivity index (χ0v) is 13.5. The van der Waals surface area contributed by atoms with Crippen LogP contribution in [0.4, 0.5) is 5.69 Å². The molecular weight excluding hydrogens is 311 g/mol. The molecule has 0 spiro atoms. The van der Waals surface area contributed by atoms with Gasteiger partial charge in [-0.2, -0.15) is 0 Å². The van der Waals surface area contributed by atoms with Crippen molar-refractivity contribution < 1.29 is 0 Å². The van der Waals surface area contributed by atoms with Crippen LogP contribution in [0, 0.1) is 6.92 Å². The van der Waals surface area contributed by atoms with Gasteiger partial charge in [0.15, 0.2) is 0 Å². The van der Waals surface area contributed by atoms with Gasteiger partial charge in [-0.05, 0) is 60.8 Å². The highest BCUT2D eigenvalue weighted by Crippen LogP contribution is 2.26. The number of hydrogen-bond donors (Lipinski definition) is 0. The zero-order chi connectivity index (χ0) is 14.5. The first-order valence-electron chi connectivity index (χ1n) is 6.02. The molecular formula is C15H14Cl2N2S. The number of aliphatic imine (C=N–C) groups is 1. The van der Waals surface area contributed by atoms with Gasteiger partial charge in [-0.1, -0.05) is 29.3 Å². The second-order valence-corrected chi connectivity index (χ2v) is 6.29. The summed E-state index contributed by atoms with van der Waals surface area (Å²) >= 11 is 13.5. The molecule has 5 heteroatoms. The molecule has 0 unspecified atom stereocenters. The van der Waals surface area contributed by atoms with Gasteiger partial charge in [-0.25, -0.2) is 4.99 Å². The van der Waals surface area contributed by atoms with Crippen molar-refractivity contribution in [3.63, 3.8) is 0 Å². The van der Waals surface area contributed by atoms with Gasteiger partial charge in [-0.15, -0.1) is 0 Å². The van der Waals surface area contributed by atoms with Gasteiger partial charge in [0.25, 0.3) is 0 Å². The minimum absolute atomic E-state index is 0.729. The summed E-state index contributed by atoms with van der Waals surface area (Å²) in [6.45, 7) is 1.96. The average Bonchev–Trinajstić information content (AvgIpc) is 2.43. The maximum absolute atomic E-state index is 6.07. The zero-order valence-electron chi connectivity index (χ0n) is 11.2. The van der Waals surface area contributed by atoms with Crippen LogP contribution in [0.1, 0.15) is 5.56 Å². The molecule has 2 aromatic rings. The predicted molar refractivity (Wildman–Crippen MR) is 89.4 cm³/mol. The van der Waals surface area contributed by atoms with Gasteiger partial charge < -0.3 is 4.31 Å². The molecule has 0 fully saturated rings. The lowest BCUT2D eigenvalue weighted by atomic mass is 10.2. The molecule has 0 aromatic heterocycles. The van der Waals surface area contributed by atoms with E-state index in [4.69, 9.17) is 23.2 Å². The third kappa shape index (κ3) is 4.17. The number of rotatable bonds is 4. The summed E-state index contributed by atoms with van der Waals surface area (Å²) < 4.78 is 1.93. The monoisotopic (exact) mass is 324 g/mol. The third-order valence-corrected chi connectivity index (χ3v) is 4.19. The second kappa shape index (κ2) is 7.02. The maximum atomic E-state index is 6.07. The fourth-order valence-electron chi connectivity index (χ4n) is 1.56. The molecule has 0 saturated carbocycles. The minimum atomic E-state index is 0.729. The lowest BCUT2D eigenvalue weighted by molar-refractivity contribution is 0.869. The van der Waals surface area contributed by atoms with E-state index in [-0.39, 0.29) is 0 Å². The van der Waals surface area contributed by atoms with E-state index in [0.29, 0.717) is 0 Å². The molecule has 2 rings (SSSR count). The van der Waals surface area contributed by atoms with Crippen LogP contribution >= 0.6 is 35.1 Å². The van der Waals surface area contributed by atoms with Crippen molar-refractivity contribution >= 4 is 47.2 Å². The van der Waals surface area contributed by atoms with Crippen LogP contribution < -0.4 is 0 Å². The Morgan fingerprint density at radius 2 is 1.80 bits per heavy atom. The van der Waals surface area contributed by atoms with Crippen LogP contribution in [-0.2, 0) is 0 Å². The van der Waals surface area contributed by atoms with Crippen molar-refractivity contribution in [1.29, 1.82) is 0 Å². The van der Waals surface area contributed by atoms with E-state index in [0.717, 1.165) is 26.2 Å². The first-order valence-corrected chi connectivity index (χ1v) is 7.55. The molecule has 0 atom stereocenters. The molecule has 0 radical (unpaired) electrons. The summed E-state index contributed by atoms with van der Waals surface area (Å²) in [5.74, 6) is 0. The van der Waals surface area contributed by atoms with Crippen LogP contribution in [0.2, 0.25) is 10.0 Å². The first-order chi connectivity index (χ1) is 9.56. The molecule has 0 N–H and O–H groups in total. The van der Waals surface area contributed by atoms with E-state index in [1.165, 1.54) is 0 Å². The summed E-state index contributed by atoms with van der Waals surface area (Å²) in [6.07, 6.45) is 1.78. The fraction of sp³-hybridized carbons (Fsp3) is 0.133. The Bertz CT molecular complexity index is 612. The number of nitrogens with zero attached hydrogens (tertiary/aromatic N) is 2. The summed E-state index contributed by atoms with van der Waals surface area (Å²) in [7, 11) is 1.95. The van der Waals surface area contributed by atoms with Gasteiger partial charge in [0.05, 0.1) is 5.69 Å². The van der Waals surface area contributed by atoms with Crippen LogP contribution in [0.3, 0.4) is 0 Å². The van der Waals surface area contributed by atoms with Crippen molar-refractivity contribution in [2.45, 2.75) is 11.8 Å². The standard InChI is InChI=1S/C15H14Cl2N2S/c1-11-14(17)4-3-5-15(11)18-10-19(2)20-13-8-6-12(16)7-9-13/h3-10H,1-2H3. The Kier molecular flexibility index (Phi) is 5.35. The van der Waals surface area contributed by atoms with Crippen molar-refractivity contribution in [3.8, 4) is 0 Å². The van der Waals surface area contributed by atoms with Gasteiger partial charge in [0.1, 0.15) is 6.34 Å². The Labute approximate surface area is 133 Å². The Balaban J connectivity index is 2.03. The van der Waals surface area contributed by atoms with Crippen molar-refractivity contribution in [3.05, 3.63) is 58.1 Å². The van der Waals surface area contributed by atoms with E-state index in [1.54, 1.807) is 18.3 Å². The van der Waals surface area contributed by atoms with E-state index in [2.05, 4.69) is 4.99 Å². The molecule has 0 aliphatic heterocycles. The molecule has 2 aromatic carbocycles. The van der Waals surface area contributed by atoms with Crippen LogP contribution in [0.25, 0.3) is 0 Å². The molecule has 20 heavy (non-hydrogen) atoms. The molecule has 0 bridgehead atoms. The normalized spacial score (nSPS) is 11.0. The van der Waals surface area contributed by atoms with E-state index in [1.807, 2.05) is 60.7 Å². The van der Waals surface area contributed by atoms with Crippen molar-refractivity contribution in [1.82, 2.24) is 4.31 Å². The van der Waals surface area contributed by atoms with E-state index >= 15 is 0 Å². The molecule has 2 nitrogen and oxygen atoms in total. The number of benzene rings is 2. The quantitative estimate of drug-likeness (QED) is 0.413. The van der Waals surface area contributed by atoms with Crippen molar-refractivity contribution in [2.24, 2.45) is 4.99 Å². The van der Waals surface area contributed by atoms with Gasteiger partial charge in [-0.3, -0.25) is 0 Å². The van der Waals surface area contributed by atoms with Crippen LogP contribution in [0.15, 0.2) is 52.4 Å². The predicted octanol–water partition coefficient (Wildman–Crippen LogP) is 5.60. The van der Waals surface area contributed by atoms with E-state index in [9.17, 15) is 0 Å². The average molecular weight is 325 g/mol. The van der Waals surface area contributed by atoms with Gasteiger partial charge in [0, 0.05) is 22.0 Å². The summed E-state index contributed by atoms with van der Waals surface area (Å²) in [4.78, 5) is 5.55. The molecule has 104 valence electrons. The molecule has 0 aliphatic carbocycles. The topological polar surface area (TPSA) is 15.6 Å². The highest BCUT2D eigenvalue weighted by atomic mass is 35.5. The summed E-state index contributed by atoms with van der Waals surface area (Å²) in [5, 5.41) is 1.47. The van der Waals surface area contributed by atoms with Crippen LogP contribution in [-0.4, -0.2) is 17.7 Å². The molecule has 0 saturated heterocycles. The largest absolute Gasteiger partial charge is 0.306 e. The first kappa shape index (κ1) is 15.2. The Morgan fingerprint density at radius 1 is 1.10 bits per heavy atom. The highest BCUT2D eigenvalue weighted by molar-refractivity contribution is 7.97. The Hall–Kier alpha value is -1.16. The van der Waals surface area contributed by atoms with Crippen molar-refractivity contribution in [2.75, 3.05) is 7.05 Å². The number of halogens is 2. The molecule has 0 aliphatic rings. The molecule has 0 heterocycles. The van der Waals surface area contributed by atoms with Crippen LogP contribution in [0.5, 0.6) is 0 Å². The maximum Gasteiger partial charge on any atom is 0.101 e. The van der Waals surface area contributed by atoms with Gasteiger partial charge in [0.2, 0.25) is 0 Å². The SMILES string of the molecule is Cc1c(Cl)cccc1N=CN(C)Sc1ccc(Cl)cc1. The van der Waals surface area contributed by atoms with Gasteiger partial charge >= 0.3 is 0 Å². The van der Waals surface area contributed by atoms with E-state index < -0.39 is 0 Å².